The molecule has 1 aromatic heterocycles. The molecule has 1 saturated carbocycles. The van der Waals surface area contributed by atoms with E-state index in [4.69, 9.17) is 5.73 Å². The van der Waals surface area contributed by atoms with Crippen LogP contribution in [0.4, 0.5) is 17.2 Å². The van der Waals surface area contributed by atoms with Gasteiger partial charge in [-0.1, -0.05) is 0 Å². The second-order valence-corrected chi connectivity index (χ2v) is 5.32. The number of benzene rings is 1. The molecule has 0 saturated heterocycles. The molecule has 3 N–H and O–H groups in total. The number of nitro groups is 1. The molecular formula is C14H15N5O3. The number of carbonyl (C=O) groups excluding carboxylic acids is 1. The van der Waals surface area contributed by atoms with E-state index in [2.05, 4.69) is 10.4 Å². The molecule has 3 rings (SSSR count). The predicted octanol–water partition coefficient (Wildman–Crippen LogP) is 2.04. The molecule has 114 valence electrons. The highest BCUT2D eigenvalue weighted by Crippen LogP contribution is 2.31. The standard InChI is InChI=1S/C14H15N5O3/c15-12-4-3-10(19(21)22)7-11(12)14(20)17-13-5-6-16-18(13)8-9-1-2-9/h3-7,9H,1-2,8,15H2,(H,17,20). The summed E-state index contributed by atoms with van der Waals surface area (Å²) in [4.78, 5) is 22.5. The molecule has 1 aliphatic carbocycles. The van der Waals surface area contributed by atoms with Crippen molar-refractivity contribution in [2.45, 2.75) is 19.4 Å². The van der Waals surface area contributed by atoms with Gasteiger partial charge >= 0.3 is 0 Å². The smallest absolute Gasteiger partial charge is 0.270 e. The average Bonchev–Trinajstić information content (AvgIpc) is 3.19. The third kappa shape index (κ3) is 2.90. The van der Waals surface area contributed by atoms with Crippen molar-refractivity contribution in [3.05, 3.63) is 46.1 Å². The zero-order valence-electron chi connectivity index (χ0n) is 11.7. The first kappa shape index (κ1) is 14.1. The van der Waals surface area contributed by atoms with Crippen molar-refractivity contribution in [1.82, 2.24) is 9.78 Å². The lowest BCUT2D eigenvalue weighted by atomic mass is 10.1. The van der Waals surface area contributed by atoms with Gasteiger partial charge in [0, 0.05) is 30.4 Å². The van der Waals surface area contributed by atoms with Gasteiger partial charge in [0.05, 0.1) is 16.7 Å². The van der Waals surface area contributed by atoms with Crippen molar-refractivity contribution >= 4 is 23.1 Å². The highest BCUT2D eigenvalue weighted by molar-refractivity contribution is 6.07. The predicted molar refractivity (Wildman–Crippen MR) is 80.4 cm³/mol. The summed E-state index contributed by atoms with van der Waals surface area (Å²) in [5.74, 6) is 0.681. The third-order valence-electron chi connectivity index (χ3n) is 3.58. The maximum Gasteiger partial charge on any atom is 0.270 e. The fourth-order valence-electron chi connectivity index (χ4n) is 2.17. The maximum absolute atomic E-state index is 12.3. The van der Waals surface area contributed by atoms with Gasteiger partial charge in [-0.05, 0) is 24.8 Å². The number of non-ortho nitro benzene ring substituents is 1. The zero-order valence-corrected chi connectivity index (χ0v) is 11.7. The average molecular weight is 301 g/mol. The van der Waals surface area contributed by atoms with E-state index in [1.54, 1.807) is 16.9 Å². The van der Waals surface area contributed by atoms with Crippen molar-refractivity contribution < 1.29 is 9.72 Å². The minimum Gasteiger partial charge on any atom is -0.398 e. The summed E-state index contributed by atoms with van der Waals surface area (Å²) in [5, 5.41) is 17.7. The summed E-state index contributed by atoms with van der Waals surface area (Å²) < 4.78 is 1.73. The van der Waals surface area contributed by atoms with Crippen molar-refractivity contribution in [1.29, 1.82) is 0 Å². The van der Waals surface area contributed by atoms with Gasteiger partial charge in [-0.25, -0.2) is 4.68 Å². The first-order valence-electron chi connectivity index (χ1n) is 6.91. The number of carbonyl (C=O) groups is 1. The lowest BCUT2D eigenvalue weighted by Gasteiger charge is -2.09. The van der Waals surface area contributed by atoms with Crippen LogP contribution in [0.1, 0.15) is 23.2 Å². The van der Waals surface area contributed by atoms with Crippen LogP contribution in [0, 0.1) is 16.0 Å². The molecule has 2 aromatic rings. The minimum atomic E-state index is -0.562. The zero-order chi connectivity index (χ0) is 15.7. The number of nitrogen functional groups attached to an aromatic ring is 1. The van der Waals surface area contributed by atoms with Crippen LogP contribution in [0.2, 0.25) is 0 Å². The topological polar surface area (TPSA) is 116 Å². The van der Waals surface area contributed by atoms with Crippen molar-refractivity contribution in [2.75, 3.05) is 11.1 Å². The Bertz CT molecular complexity index is 736. The maximum atomic E-state index is 12.3. The Balaban J connectivity index is 1.81. The Morgan fingerprint density at radius 3 is 2.91 bits per heavy atom. The Morgan fingerprint density at radius 1 is 1.45 bits per heavy atom. The number of nitrogens with one attached hydrogen (secondary N) is 1. The molecule has 0 aliphatic heterocycles. The Kier molecular flexibility index (Phi) is 3.50. The molecule has 1 aliphatic rings. The Labute approximate surface area is 126 Å². The van der Waals surface area contributed by atoms with E-state index < -0.39 is 10.8 Å². The quantitative estimate of drug-likeness (QED) is 0.498. The van der Waals surface area contributed by atoms with Gasteiger partial charge < -0.3 is 11.1 Å². The molecule has 1 amide bonds. The van der Waals surface area contributed by atoms with E-state index in [0.29, 0.717) is 11.7 Å². The van der Waals surface area contributed by atoms with Gasteiger partial charge in [0.15, 0.2) is 0 Å². The fourth-order valence-corrected chi connectivity index (χ4v) is 2.17. The van der Waals surface area contributed by atoms with Gasteiger partial charge in [0.1, 0.15) is 5.82 Å². The largest absolute Gasteiger partial charge is 0.398 e. The van der Waals surface area contributed by atoms with Gasteiger partial charge in [-0.3, -0.25) is 14.9 Å². The van der Waals surface area contributed by atoms with E-state index in [-0.39, 0.29) is 16.9 Å². The summed E-state index contributed by atoms with van der Waals surface area (Å²) in [6.07, 6.45) is 3.95. The monoisotopic (exact) mass is 301 g/mol. The number of nitrogens with zero attached hydrogens (tertiary/aromatic N) is 3. The molecule has 0 unspecified atom stereocenters. The van der Waals surface area contributed by atoms with Crippen LogP contribution in [0.25, 0.3) is 0 Å². The van der Waals surface area contributed by atoms with Crippen LogP contribution in [0.5, 0.6) is 0 Å². The van der Waals surface area contributed by atoms with E-state index in [1.165, 1.54) is 31.0 Å². The number of aromatic nitrogens is 2. The first-order chi connectivity index (χ1) is 10.5. The summed E-state index contributed by atoms with van der Waals surface area (Å²) in [6, 6.07) is 5.48. The van der Waals surface area contributed by atoms with Crippen LogP contribution in [0.3, 0.4) is 0 Å². The molecule has 1 heterocycles. The molecule has 8 heteroatoms. The van der Waals surface area contributed by atoms with Gasteiger partial charge in [-0.15, -0.1) is 0 Å². The van der Waals surface area contributed by atoms with E-state index in [1.807, 2.05) is 0 Å². The molecule has 1 fully saturated rings. The molecule has 0 spiro atoms. The van der Waals surface area contributed by atoms with Gasteiger partial charge in [-0.2, -0.15) is 5.10 Å². The van der Waals surface area contributed by atoms with Gasteiger partial charge in [0.25, 0.3) is 11.6 Å². The molecule has 0 radical (unpaired) electrons. The summed E-state index contributed by atoms with van der Waals surface area (Å²) in [5.41, 5.74) is 5.84. The normalized spacial score (nSPS) is 13.8. The number of hydrogen-bond donors (Lipinski definition) is 2. The van der Waals surface area contributed by atoms with E-state index >= 15 is 0 Å². The molecule has 22 heavy (non-hydrogen) atoms. The van der Waals surface area contributed by atoms with Crippen LogP contribution < -0.4 is 11.1 Å². The van der Waals surface area contributed by atoms with Crippen LogP contribution >= 0.6 is 0 Å². The lowest BCUT2D eigenvalue weighted by molar-refractivity contribution is -0.384. The molecular weight excluding hydrogens is 286 g/mol. The fraction of sp³-hybridized carbons (Fsp3) is 0.286. The lowest BCUT2D eigenvalue weighted by Crippen LogP contribution is -2.17. The Hall–Kier alpha value is -2.90. The molecule has 0 atom stereocenters. The number of rotatable bonds is 5. The number of anilines is 2. The molecule has 0 bridgehead atoms. The Morgan fingerprint density at radius 2 is 2.23 bits per heavy atom. The summed E-state index contributed by atoms with van der Waals surface area (Å²) >= 11 is 0. The first-order valence-corrected chi connectivity index (χ1v) is 6.91. The minimum absolute atomic E-state index is 0.0772. The molecule has 1 aromatic carbocycles. The van der Waals surface area contributed by atoms with Crippen LogP contribution in [-0.2, 0) is 6.54 Å². The molecule has 8 nitrogen and oxygen atoms in total. The summed E-state index contributed by atoms with van der Waals surface area (Å²) in [7, 11) is 0. The van der Waals surface area contributed by atoms with E-state index in [9.17, 15) is 14.9 Å². The second kappa shape index (κ2) is 5.47. The third-order valence-corrected chi connectivity index (χ3v) is 3.58. The van der Waals surface area contributed by atoms with Crippen LogP contribution in [-0.4, -0.2) is 20.6 Å². The van der Waals surface area contributed by atoms with Crippen molar-refractivity contribution in [3.63, 3.8) is 0 Å². The van der Waals surface area contributed by atoms with E-state index in [0.717, 1.165) is 6.54 Å². The van der Waals surface area contributed by atoms with Gasteiger partial charge in [0.2, 0.25) is 0 Å². The second-order valence-electron chi connectivity index (χ2n) is 5.32. The number of nitro benzene ring substituents is 1. The number of nitrogens with two attached hydrogens (primary N) is 1. The SMILES string of the molecule is Nc1ccc([N+](=O)[O-])cc1C(=O)Nc1ccnn1CC1CC1. The van der Waals surface area contributed by atoms with Crippen molar-refractivity contribution in [2.24, 2.45) is 5.92 Å². The highest BCUT2D eigenvalue weighted by Gasteiger charge is 2.23. The van der Waals surface area contributed by atoms with Crippen LogP contribution in [0.15, 0.2) is 30.5 Å². The highest BCUT2D eigenvalue weighted by atomic mass is 16.6. The number of hydrogen-bond acceptors (Lipinski definition) is 5. The summed E-state index contributed by atoms with van der Waals surface area (Å²) in [6.45, 7) is 0.757. The number of amides is 1. The van der Waals surface area contributed by atoms with Crippen molar-refractivity contribution in [3.8, 4) is 0 Å².